The molecular formula is C57H45BO2. The lowest BCUT2D eigenvalue weighted by Gasteiger charge is -2.35. The first-order chi connectivity index (χ1) is 29.1. The quantitative estimate of drug-likeness (QED) is 0.128. The summed E-state index contributed by atoms with van der Waals surface area (Å²) in [4.78, 5) is 0. The second kappa shape index (κ2) is 13.6. The van der Waals surface area contributed by atoms with Gasteiger partial charge in [-0.3, -0.25) is 0 Å². The lowest BCUT2D eigenvalue weighted by molar-refractivity contribution is 0.464. The molecule has 0 unspecified atom stereocenters. The van der Waals surface area contributed by atoms with Gasteiger partial charge in [0.25, 0.3) is 6.71 Å². The minimum absolute atomic E-state index is 0.0263. The first-order valence-corrected chi connectivity index (χ1v) is 21.1. The van der Waals surface area contributed by atoms with E-state index in [-0.39, 0.29) is 17.5 Å². The standard InChI is InChI=1S/C57H45BO2/c1-56(2,3)42-31-37(30-39(32-42)54-45-24-14-12-22-43(45)53(36-18-8-6-9-19-36)44-23-13-15-25-46(44)54)38-33-51-55-52(34-38)60-50-29-28-41(57(4,5)40-20-10-7-11-21-40)35-48(50)58(55)47-26-16-17-27-49(47)59-51/h6-35H,1-5H3. The molecule has 288 valence electrons. The van der Waals surface area contributed by atoms with Crippen molar-refractivity contribution in [3.63, 3.8) is 0 Å². The van der Waals surface area contributed by atoms with Gasteiger partial charge in [-0.1, -0.05) is 186 Å². The zero-order valence-electron chi connectivity index (χ0n) is 34.7. The third-order valence-corrected chi connectivity index (χ3v) is 13.0. The molecule has 2 aliphatic heterocycles. The molecule has 9 aromatic rings. The number of rotatable bonds is 5. The van der Waals surface area contributed by atoms with Crippen molar-refractivity contribution in [2.45, 2.75) is 45.4 Å². The topological polar surface area (TPSA) is 18.5 Å². The summed E-state index contributed by atoms with van der Waals surface area (Å²) in [5.74, 6) is 3.46. The van der Waals surface area contributed by atoms with Gasteiger partial charge in [0.1, 0.15) is 23.0 Å². The maximum atomic E-state index is 6.98. The fourth-order valence-corrected chi connectivity index (χ4v) is 9.75. The van der Waals surface area contributed by atoms with Crippen LogP contribution in [-0.4, -0.2) is 6.71 Å². The molecule has 0 fully saturated rings. The highest BCUT2D eigenvalue weighted by molar-refractivity contribution is 6.98. The molecule has 2 nitrogen and oxygen atoms in total. The van der Waals surface area contributed by atoms with E-state index in [9.17, 15) is 0 Å². The second-order valence-corrected chi connectivity index (χ2v) is 18.1. The number of fused-ring (bicyclic) bond motifs is 6. The Hall–Kier alpha value is -6.84. The summed E-state index contributed by atoms with van der Waals surface area (Å²) < 4.78 is 13.8. The van der Waals surface area contributed by atoms with Crippen LogP contribution in [-0.2, 0) is 10.8 Å². The van der Waals surface area contributed by atoms with E-state index in [1.54, 1.807) is 0 Å². The average molecular weight is 773 g/mol. The van der Waals surface area contributed by atoms with Crippen LogP contribution in [0.25, 0.3) is 54.9 Å². The predicted octanol–water partition coefficient (Wildman–Crippen LogP) is 13.3. The van der Waals surface area contributed by atoms with Gasteiger partial charge in [0.05, 0.1) is 0 Å². The summed E-state index contributed by atoms with van der Waals surface area (Å²) in [5, 5.41) is 4.98. The first-order valence-electron chi connectivity index (χ1n) is 21.1. The van der Waals surface area contributed by atoms with E-state index in [2.05, 4.69) is 217 Å². The van der Waals surface area contributed by atoms with Crippen molar-refractivity contribution >= 4 is 44.6 Å². The Morgan fingerprint density at radius 3 is 1.47 bits per heavy atom. The summed E-state index contributed by atoms with van der Waals surface area (Å²) in [5.41, 5.74) is 14.0. The monoisotopic (exact) mass is 772 g/mol. The van der Waals surface area contributed by atoms with Gasteiger partial charge >= 0.3 is 0 Å². The Kier molecular flexibility index (Phi) is 8.23. The third kappa shape index (κ3) is 5.79. The van der Waals surface area contributed by atoms with Crippen LogP contribution < -0.4 is 25.9 Å². The van der Waals surface area contributed by atoms with Crippen LogP contribution in [0.4, 0.5) is 0 Å². The van der Waals surface area contributed by atoms with Crippen molar-refractivity contribution < 1.29 is 9.47 Å². The van der Waals surface area contributed by atoms with Crippen LogP contribution in [0.1, 0.15) is 51.3 Å². The van der Waals surface area contributed by atoms with Crippen LogP contribution in [0.5, 0.6) is 23.0 Å². The lowest BCUT2D eigenvalue weighted by atomic mass is 9.34. The van der Waals surface area contributed by atoms with Gasteiger partial charge in [-0.05, 0) is 118 Å². The van der Waals surface area contributed by atoms with Crippen LogP contribution in [0.2, 0.25) is 0 Å². The van der Waals surface area contributed by atoms with E-state index in [4.69, 9.17) is 9.47 Å². The van der Waals surface area contributed by atoms with Crippen molar-refractivity contribution in [3.05, 3.63) is 199 Å². The van der Waals surface area contributed by atoms with E-state index >= 15 is 0 Å². The van der Waals surface area contributed by atoms with E-state index < -0.39 is 0 Å². The Morgan fingerprint density at radius 1 is 0.350 bits per heavy atom. The van der Waals surface area contributed by atoms with Gasteiger partial charge in [0.15, 0.2) is 0 Å². The molecule has 0 N–H and O–H groups in total. The Bertz CT molecular complexity index is 3080. The zero-order valence-corrected chi connectivity index (χ0v) is 34.7. The molecule has 0 amide bonds. The van der Waals surface area contributed by atoms with Crippen molar-refractivity contribution in [1.29, 1.82) is 0 Å². The maximum Gasteiger partial charge on any atom is 0.260 e. The Morgan fingerprint density at radius 2 is 0.850 bits per heavy atom. The summed E-state index contributed by atoms with van der Waals surface area (Å²) in [7, 11) is 0. The fourth-order valence-electron chi connectivity index (χ4n) is 9.75. The molecule has 0 atom stereocenters. The normalized spacial score (nSPS) is 13.0. The number of para-hydroxylation sites is 1. The zero-order chi connectivity index (χ0) is 40.8. The fraction of sp³-hybridized carbons (Fsp3) is 0.123. The molecule has 0 saturated heterocycles. The van der Waals surface area contributed by atoms with Crippen molar-refractivity contribution in [1.82, 2.24) is 0 Å². The largest absolute Gasteiger partial charge is 0.458 e. The smallest absolute Gasteiger partial charge is 0.260 e. The van der Waals surface area contributed by atoms with Crippen LogP contribution >= 0.6 is 0 Å². The molecule has 0 aromatic heterocycles. The van der Waals surface area contributed by atoms with E-state index in [1.807, 2.05) is 0 Å². The average Bonchev–Trinajstić information content (AvgIpc) is 3.27. The molecule has 0 radical (unpaired) electrons. The molecular weight excluding hydrogens is 727 g/mol. The SMILES string of the molecule is CC(C)(C)c1cc(-c2cc3c4c(c2)Oc2ccc(C(C)(C)c5ccccc5)cc2B4c2ccccc2O3)cc(-c2c3ccccc3c(-c3ccccc3)c3ccccc23)c1. The molecule has 0 bridgehead atoms. The molecule has 60 heavy (non-hydrogen) atoms. The molecule has 2 heterocycles. The molecule has 0 spiro atoms. The molecule has 11 rings (SSSR count). The number of ether oxygens (including phenoxy) is 2. The predicted molar refractivity (Wildman–Crippen MR) is 253 cm³/mol. The summed E-state index contributed by atoms with van der Waals surface area (Å²) >= 11 is 0. The first kappa shape index (κ1) is 36.3. The molecule has 9 aromatic carbocycles. The van der Waals surface area contributed by atoms with Gasteiger partial charge < -0.3 is 9.47 Å². The number of benzene rings is 9. The van der Waals surface area contributed by atoms with Gasteiger partial charge in [-0.2, -0.15) is 0 Å². The van der Waals surface area contributed by atoms with Crippen LogP contribution in [0.3, 0.4) is 0 Å². The van der Waals surface area contributed by atoms with Gasteiger partial charge in [-0.15, -0.1) is 0 Å². The lowest BCUT2D eigenvalue weighted by Crippen LogP contribution is -2.57. The van der Waals surface area contributed by atoms with Crippen LogP contribution in [0.15, 0.2) is 182 Å². The summed E-state index contributed by atoms with van der Waals surface area (Å²) in [6, 6.07) is 66.3. The molecule has 2 aliphatic rings. The third-order valence-electron chi connectivity index (χ3n) is 13.0. The Labute approximate surface area is 353 Å². The van der Waals surface area contributed by atoms with Gasteiger partial charge in [-0.25, -0.2) is 0 Å². The van der Waals surface area contributed by atoms with Gasteiger partial charge in [0, 0.05) is 10.9 Å². The number of hydrogen-bond donors (Lipinski definition) is 0. The van der Waals surface area contributed by atoms with Crippen molar-refractivity contribution in [2.75, 3.05) is 0 Å². The minimum Gasteiger partial charge on any atom is -0.458 e. The van der Waals surface area contributed by atoms with E-state index in [0.717, 1.165) is 45.1 Å². The van der Waals surface area contributed by atoms with Crippen molar-refractivity contribution in [3.8, 4) is 56.4 Å². The second-order valence-electron chi connectivity index (χ2n) is 18.1. The molecule has 0 aliphatic carbocycles. The highest BCUT2D eigenvalue weighted by Gasteiger charge is 2.41. The molecule has 3 heteroatoms. The highest BCUT2D eigenvalue weighted by atomic mass is 16.5. The van der Waals surface area contributed by atoms with Crippen LogP contribution in [0, 0.1) is 0 Å². The summed E-state index contributed by atoms with van der Waals surface area (Å²) in [6.45, 7) is 11.5. The summed E-state index contributed by atoms with van der Waals surface area (Å²) in [6.07, 6.45) is 0. The van der Waals surface area contributed by atoms with E-state index in [0.29, 0.717) is 0 Å². The molecule has 0 saturated carbocycles. The highest BCUT2D eigenvalue weighted by Crippen LogP contribution is 2.46. The number of hydrogen-bond acceptors (Lipinski definition) is 2. The Balaban J connectivity index is 1.11. The van der Waals surface area contributed by atoms with Gasteiger partial charge in [0.2, 0.25) is 0 Å². The van der Waals surface area contributed by atoms with Crippen molar-refractivity contribution in [2.24, 2.45) is 0 Å². The minimum atomic E-state index is -0.192. The van der Waals surface area contributed by atoms with E-state index in [1.165, 1.54) is 66.0 Å². The maximum absolute atomic E-state index is 6.98.